The van der Waals surface area contributed by atoms with Crippen LogP contribution in [0.2, 0.25) is 0 Å². The highest BCUT2D eigenvalue weighted by Crippen LogP contribution is 2.27. The second-order valence-corrected chi connectivity index (χ2v) is 4.92. The first-order valence-electron chi connectivity index (χ1n) is 5.35. The summed E-state index contributed by atoms with van der Waals surface area (Å²) in [6.07, 6.45) is 4.63. The zero-order valence-corrected chi connectivity index (χ0v) is 10.5. The quantitative estimate of drug-likeness (QED) is 0.906. The smallest absolute Gasteiger partial charge is 0.355 e. The molecule has 0 amide bonds. The van der Waals surface area contributed by atoms with Gasteiger partial charge in [-0.2, -0.15) is 5.10 Å². The van der Waals surface area contributed by atoms with Crippen LogP contribution in [0.1, 0.15) is 28.7 Å². The Morgan fingerprint density at radius 2 is 2.35 bits per heavy atom. The van der Waals surface area contributed by atoms with Gasteiger partial charge in [-0.3, -0.25) is 4.68 Å². The molecule has 0 spiro atoms. The first-order valence-corrected chi connectivity index (χ1v) is 6.17. The highest BCUT2D eigenvalue weighted by molar-refractivity contribution is 7.15. The fourth-order valence-electron chi connectivity index (χ4n) is 1.54. The van der Waals surface area contributed by atoms with Crippen molar-refractivity contribution in [1.29, 1.82) is 0 Å². The van der Waals surface area contributed by atoms with Gasteiger partial charge in [0.05, 0.1) is 6.20 Å². The fourth-order valence-corrected chi connectivity index (χ4v) is 2.42. The maximum atomic E-state index is 10.9. The number of carboxylic acids is 1. The van der Waals surface area contributed by atoms with E-state index in [4.69, 9.17) is 5.11 Å². The molecule has 2 aromatic heterocycles. The predicted molar refractivity (Wildman–Crippen MR) is 65.3 cm³/mol. The van der Waals surface area contributed by atoms with Crippen LogP contribution in [0.15, 0.2) is 12.4 Å². The summed E-state index contributed by atoms with van der Waals surface area (Å²) in [7, 11) is 0. The van der Waals surface area contributed by atoms with Crippen LogP contribution in [-0.2, 0) is 6.54 Å². The number of hydrogen-bond acceptors (Lipinski definition) is 4. The summed E-state index contributed by atoms with van der Waals surface area (Å²) in [5.41, 5.74) is 1.01. The molecular formula is C11H13N3O2S. The van der Waals surface area contributed by atoms with Crippen molar-refractivity contribution in [2.45, 2.75) is 26.8 Å². The van der Waals surface area contributed by atoms with Crippen molar-refractivity contribution in [3.05, 3.63) is 23.0 Å². The summed E-state index contributed by atoms with van der Waals surface area (Å²) in [6.45, 7) is 4.70. The summed E-state index contributed by atoms with van der Waals surface area (Å²) in [6, 6.07) is 0. The van der Waals surface area contributed by atoms with E-state index < -0.39 is 5.97 Å². The van der Waals surface area contributed by atoms with Gasteiger partial charge in [0.15, 0.2) is 5.69 Å². The third-order valence-corrected chi connectivity index (χ3v) is 3.35. The Morgan fingerprint density at radius 1 is 1.59 bits per heavy atom. The number of carbonyl (C=O) groups is 1. The zero-order valence-electron chi connectivity index (χ0n) is 9.67. The van der Waals surface area contributed by atoms with Gasteiger partial charge in [0.1, 0.15) is 5.01 Å². The number of rotatable bonds is 4. The summed E-state index contributed by atoms with van der Waals surface area (Å²) in [5, 5.41) is 13.9. The predicted octanol–water partition coefficient (Wildman–Crippen LogP) is 2.42. The third-order valence-electron chi connectivity index (χ3n) is 2.33. The number of carboxylic acid groups (broad SMARTS) is 1. The average molecular weight is 251 g/mol. The molecule has 2 rings (SSSR count). The van der Waals surface area contributed by atoms with Crippen LogP contribution in [0.3, 0.4) is 0 Å². The topological polar surface area (TPSA) is 68.0 Å². The molecule has 0 fully saturated rings. The van der Waals surface area contributed by atoms with Crippen LogP contribution < -0.4 is 0 Å². The van der Waals surface area contributed by atoms with E-state index >= 15 is 0 Å². The highest BCUT2D eigenvalue weighted by Gasteiger charge is 2.15. The van der Waals surface area contributed by atoms with E-state index in [2.05, 4.69) is 17.0 Å². The maximum Gasteiger partial charge on any atom is 0.355 e. The van der Waals surface area contributed by atoms with Gasteiger partial charge in [-0.1, -0.05) is 6.92 Å². The Balaban J connectivity index is 2.32. The van der Waals surface area contributed by atoms with E-state index in [1.54, 1.807) is 13.1 Å². The van der Waals surface area contributed by atoms with E-state index in [0.717, 1.165) is 23.4 Å². The van der Waals surface area contributed by atoms with Gasteiger partial charge in [0.25, 0.3) is 0 Å². The van der Waals surface area contributed by atoms with Crippen LogP contribution in [-0.4, -0.2) is 25.8 Å². The van der Waals surface area contributed by atoms with Gasteiger partial charge < -0.3 is 5.11 Å². The van der Waals surface area contributed by atoms with Crippen LogP contribution >= 0.6 is 11.3 Å². The van der Waals surface area contributed by atoms with Crippen molar-refractivity contribution in [1.82, 2.24) is 14.8 Å². The largest absolute Gasteiger partial charge is 0.476 e. The molecular weight excluding hydrogens is 238 g/mol. The van der Waals surface area contributed by atoms with Crippen molar-refractivity contribution in [3.8, 4) is 10.6 Å². The Morgan fingerprint density at radius 3 is 2.94 bits per heavy atom. The lowest BCUT2D eigenvalue weighted by Crippen LogP contribution is -1.98. The average Bonchev–Trinajstić information content (AvgIpc) is 2.85. The summed E-state index contributed by atoms with van der Waals surface area (Å²) in [5.74, 6) is -0.981. The Kier molecular flexibility index (Phi) is 3.23. The second kappa shape index (κ2) is 4.67. The summed E-state index contributed by atoms with van der Waals surface area (Å²) >= 11 is 1.38. The van der Waals surface area contributed by atoms with E-state index in [1.165, 1.54) is 11.3 Å². The Hall–Kier alpha value is -1.69. The van der Waals surface area contributed by atoms with Crippen molar-refractivity contribution in [2.75, 3.05) is 0 Å². The molecule has 0 saturated carbocycles. The standard InChI is InChI=1S/C11H13N3O2S/c1-3-4-14-6-8(5-12-14)10-13-9(11(15)16)7(2)17-10/h5-6H,3-4H2,1-2H3,(H,15,16). The lowest BCUT2D eigenvalue weighted by molar-refractivity contribution is 0.0690. The molecule has 17 heavy (non-hydrogen) atoms. The molecule has 0 radical (unpaired) electrons. The van der Waals surface area contributed by atoms with Crippen molar-refractivity contribution in [3.63, 3.8) is 0 Å². The minimum Gasteiger partial charge on any atom is -0.476 e. The van der Waals surface area contributed by atoms with E-state index in [-0.39, 0.29) is 5.69 Å². The van der Waals surface area contributed by atoms with Gasteiger partial charge in [-0.25, -0.2) is 9.78 Å². The molecule has 90 valence electrons. The lowest BCUT2D eigenvalue weighted by atomic mass is 10.3. The van der Waals surface area contributed by atoms with Gasteiger partial charge >= 0.3 is 5.97 Å². The molecule has 0 aliphatic heterocycles. The van der Waals surface area contributed by atoms with Crippen molar-refractivity contribution in [2.24, 2.45) is 0 Å². The first-order chi connectivity index (χ1) is 8.11. The number of nitrogens with zero attached hydrogens (tertiary/aromatic N) is 3. The monoisotopic (exact) mass is 251 g/mol. The SMILES string of the molecule is CCCn1cc(-c2nc(C(=O)O)c(C)s2)cn1. The molecule has 0 unspecified atom stereocenters. The normalized spacial score (nSPS) is 10.7. The fraction of sp³-hybridized carbons (Fsp3) is 0.364. The lowest BCUT2D eigenvalue weighted by Gasteiger charge is -1.94. The molecule has 6 heteroatoms. The first kappa shape index (κ1) is 11.8. The van der Waals surface area contributed by atoms with Crippen molar-refractivity contribution >= 4 is 17.3 Å². The number of aromatic nitrogens is 3. The molecule has 1 N–H and O–H groups in total. The number of thiazole rings is 1. The molecule has 0 atom stereocenters. The molecule has 0 saturated heterocycles. The van der Waals surface area contributed by atoms with Gasteiger partial charge in [-0.15, -0.1) is 11.3 Å². The zero-order chi connectivity index (χ0) is 12.4. The highest BCUT2D eigenvalue weighted by atomic mass is 32.1. The number of aromatic carboxylic acids is 1. The van der Waals surface area contributed by atoms with Gasteiger partial charge in [0, 0.05) is 23.2 Å². The molecule has 0 aliphatic carbocycles. The second-order valence-electron chi connectivity index (χ2n) is 3.72. The minimum absolute atomic E-state index is 0.133. The van der Waals surface area contributed by atoms with Crippen LogP contribution in [0.25, 0.3) is 10.6 Å². The molecule has 5 nitrogen and oxygen atoms in total. The van der Waals surface area contributed by atoms with E-state index in [9.17, 15) is 4.79 Å². The summed E-state index contributed by atoms with van der Waals surface area (Å²) in [4.78, 5) is 15.7. The minimum atomic E-state index is -0.981. The molecule has 2 aromatic rings. The van der Waals surface area contributed by atoms with E-state index in [0.29, 0.717) is 5.01 Å². The maximum absolute atomic E-state index is 10.9. The Labute approximate surface area is 103 Å². The molecule has 0 aromatic carbocycles. The summed E-state index contributed by atoms with van der Waals surface area (Å²) < 4.78 is 1.84. The Bertz CT molecular complexity index is 545. The van der Waals surface area contributed by atoms with Crippen LogP contribution in [0.4, 0.5) is 0 Å². The van der Waals surface area contributed by atoms with Crippen molar-refractivity contribution < 1.29 is 9.90 Å². The molecule has 2 heterocycles. The molecule has 0 aliphatic rings. The third kappa shape index (κ3) is 2.36. The van der Waals surface area contributed by atoms with E-state index in [1.807, 2.05) is 10.9 Å². The molecule has 0 bridgehead atoms. The van der Waals surface area contributed by atoms with Crippen LogP contribution in [0, 0.1) is 6.92 Å². The van der Waals surface area contributed by atoms with Crippen LogP contribution in [0.5, 0.6) is 0 Å². The van der Waals surface area contributed by atoms with Gasteiger partial charge in [0.2, 0.25) is 0 Å². The van der Waals surface area contributed by atoms with Gasteiger partial charge in [-0.05, 0) is 13.3 Å². The number of hydrogen-bond donors (Lipinski definition) is 1. The number of aryl methyl sites for hydroxylation is 2.